The SMILES string of the molecule is CN(C)/C=N/c1ccncc1OC(=O)N1CCCCC1. The summed E-state index contributed by atoms with van der Waals surface area (Å²) in [5.74, 6) is 0.390. The monoisotopic (exact) mass is 276 g/mol. The van der Waals surface area contributed by atoms with Gasteiger partial charge in [0.1, 0.15) is 5.69 Å². The lowest BCUT2D eigenvalue weighted by Crippen LogP contribution is -2.37. The lowest BCUT2D eigenvalue weighted by molar-refractivity contribution is 0.142. The molecule has 20 heavy (non-hydrogen) atoms. The standard InChI is InChI=1S/C14H20N4O2/c1-17(2)11-16-12-6-7-15-10-13(12)20-14(19)18-8-4-3-5-9-18/h6-7,10-11H,3-5,8-9H2,1-2H3/b16-11+. The summed E-state index contributed by atoms with van der Waals surface area (Å²) >= 11 is 0. The summed E-state index contributed by atoms with van der Waals surface area (Å²) in [6.07, 6.45) is 7.73. The molecule has 108 valence electrons. The van der Waals surface area contributed by atoms with Gasteiger partial charge in [-0.25, -0.2) is 9.79 Å². The molecule has 0 bridgehead atoms. The summed E-state index contributed by atoms with van der Waals surface area (Å²) in [7, 11) is 3.76. The maximum absolute atomic E-state index is 12.1. The minimum atomic E-state index is -0.320. The van der Waals surface area contributed by atoms with Crippen molar-refractivity contribution in [2.45, 2.75) is 19.3 Å². The molecule has 1 saturated heterocycles. The predicted octanol–water partition coefficient (Wildman–Crippen LogP) is 2.29. The van der Waals surface area contributed by atoms with Gasteiger partial charge in [-0.2, -0.15) is 0 Å². The Bertz CT molecular complexity index is 482. The van der Waals surface area contributed by atoms with E-state index in [1.54, 1.807) is 23.5 Å². The van der Waals surface area contributed by atoms with Crippen molar-refractivity contribution < 1.29 is 9.53 Å². The van der Waals surface area contributed by atoms with Crippen LogP contribution in [-0.4, -0.2) is 54.4 Å². The zero-order valence-corrected chi connectivity index (χ0v) is 12.0. The molecule has 6 nitrogen and oxygen atoms in total. The molecule has 0 atom stereocenters. The number of rotatable bonds is 3. The average molecular weight is 276 g/mol. The van der Waals surface area contributed by atoms with Crippen molar-refractivity contribution in [1.29, 1.82) is 0 Å². The maximum atomic E-state index is 12.1. The molecule has 6 heteroatoms. The van der Waals surface area contributed by atoms with Crippen molar-refractivity contribution in [2.24, 2.45) is 4.99 Å². The summed E-state index contributed by atoms with van der Waals surface area (Å²) < 4.78 is 5.41. The number of aliphatic imine (C=N–C) groups is 1. The van der Waals surface area contributed by atoms with Crippen LogP contribution in [0, 0.1) is 0 Å². The van der Waals surface area contributed by atoms with E-state index in [0.29, 0.717) is 11.4 Å². The van der Waals surface area contributed by atoms with Crippen molar-refractivity contribution in [3.8, 4) is 5.75 Å². The van der Waals surface area contributed by atoms with E-state index in [9.17, 15) is 4.79 Å². The predicted molar refractivity (Wildman–Crippen MR) is 77.5 cm³/mol. The first kappa shape index (κ1) is 14.3. The van der Waals surface area contributed by atoms with Crippen molar-refractivity contribution >= 4 is 18.1 Å². The van der Waals surface area contributed by atoms with Gasteiger partial charge in [0.2, 0.25) is 0 Å². The molecule has 1 aliphatic rings. The number of amides is 1. The highest BCUT2D eigenvalue weighted by molar-refractivity contribution is 5.74. The number of pyridine rings is 1. The molecule has 2 rings (SSSR count). The molecule has 0 radical (unpaired) electrons. The molecule has 0 saturated carbocycles. The van der Waals surface area contributed by atoms with E-state index < -0.39 is 0 Å². The average Bonchev–Trinajstić information content (AvgIpc) is 2.47. The van der Waals surface area contributed by atoms with E-state index in [4.69, 9.17) is 4.74 Å². The fourth-order valence-electron chi connectivity index (χ4n) is 1.97. The zero-order chi connectivity index (χ0) is 14.4. The maximum Gasteiger partial charge on any atom is 0.415 e. The van der Waals surface area contributed by atoms with E-state index in [0.717, 1.165) is 25.9 Å². The van der Waals surface area contributed by atoms with Gasteiger partial charge in [-0.05, 0) is 25.3 Å². The minimum absolute atomic E-state index is 0.320. The van der Waals surface area contributed by atoms with Gasteiger partial charge in [-0.1, -0.05) is 0 Å². The highest BCUT2D eigenvalue weighted by Gasteiger charge is 2.19. The third-order valence-corrected chi connectivity index (χ3v) is 3.00. The van der Waals surface area contributed by atoms with Crippen LogP contribution in [0.4, 0.5) is 10.5 Å². The molecule has 1 aliphatic heterocycles. The smallest absolute Gasteiger partial charge is 0.406 e. The Morgan fingerprint density at radius 1 is 1.40 bits per heavy atom. The molecule has 2 heterocycles. The van der Waals surface area contributed by atoms with E-state index in [-0.39, 0.29) is 6.09 Å². The Hall–Kier alpha value is -2.11. The molecule has 1 fully saturated rings. The van der Waals surface area contributed by atoms with E-state index >= 15 is 0 Å². The normalized spacial score (nSPS) is 15.4. The van der Waals surface area contributed by atoms with Crippen LogP contribution >= 0.6 is 0 Å². The molecule has 0 unspecified atom stereocenters. The highest BCUT2D eigenvalue weighted by atomic mass is 16.6. The number of carbonyl (C=O) groups excluding carboxylic acids is 1. The summed E-state index contributed by atoms with van der Waals surface area (Å²) in [5, 5.41) is 0. The van der Waals surface area contributed by atoms with Gasteiger partial charge >= 0.3 is 6.09 Å². The molecule has 1 aromatic rings. The summed E-state index contributed by atoms with van der Waals surface area (Å²) in [6, 6.07) is 1.72. The van der Waals surface area contributed by atoms with Crippen LogP contribution in [0.1, 0.15) is 19.3 Å². The molecule has 0 aromatic carbocycles. The Morgan fingerprint density at radius 2 is 2.15 bits per heavy atom. The van der Waals surface area contributed by atoms with E-state index in [1.807, 2.05) is 19.0 Å². The van der Waals surface area contributed by atoms with Gasteiger partial charge in [0.25, 0.3) is 0 Å². The Morgan fingerprint density at radius 3 is 2.85 bits per heavy atom. The topological polar surface area (TPSA) is 58.0 Å². The second-order valence-corrected chi connectivity index (χ2v) is 4.97. The molecular weight excluding hydrogens is 256 g/mol. The fourth-order valence-corrected chi connectivity index (χ4v) is 1.97. The first-order valence-corrected chi connectivity index (χ1v) is 6.78. The van der Waals surface area contributed by atoms with Crippen LogP contribution in [0.25, 0.3) is 0 Å². The van der Waals surface area contributed by atoms with Gasteiger partial charge in [-0.15, -0.1) is 0 Å². The first-order valence-electron chi connectivity index (χ1n) is 6.78. The Labute approximate surface area is 119 Å². The van der Waals surface area contributed by atoms with Crippen molar-refractivity contribution in [2.75, 3.05) is 27.2 Å². The van der Waals surface area contributed by atoms with Gasteiger partial charge in [0, 0.05) is 33.4 Å². The molecule has 0 spiro atoms. The first-order chi connectivity index (χ1) is 9.66. The number of hydrogen-bond donors (Lipinski definition) is 0. The second-order valence-electron chi connectivity index (χ2n) is 4.97. The van der Waals surface area contributed by atoms with Gasteiger partial charge < -0.3 is 14.5 Å². The van der Waals surface area contributed by atoms with Crippen molar-refractivity contribution in [1.82, 2.24) is 14.8 Å². The fraction of sp³-hybridized carbons (Fsp3) is 0.500. The van der Waals surface area contributed by atoms with Crippen LogP contribution < -0.4 is 4.74 Å². The van der Waals surface area contributed by atoms with Crippen LogP contribution in [0.5, 0.6) is 5.75 Å². The number of nitrogens with zero attached hydrogens (tertiary/aromatic N) is 4. The van der Waals surface area contributed by atoms with E-state index in [2.05, 4.69) is 9.98 Å². The number of hydrogen-bond acceptors (Lipinski definition) is 4. The van der Waals surface area contributed by atoms with Crippen molar-refractivity contribution in [3.63, 3.8) is 0 Å². The van der Waals surface area contributed by atoms with E-state index in [1.165, 1.54) is 12.6 Å². The van der Waals surface area contributed by atoms with Crippen LogP contribution in [-0.2, 0) is 0 Å². The highest BCUT2D eigenvalue weighted by Crippen LogP contribution is 2.26. The van der Waals surface area contributed by atoms with Crippen LogP contribution in [0.15, 0.2) is 23.5 Å². The Balaban J connectivity index is 2.06. The number of likely N-dealkylation sites (tertiary alicyclic amines) is 1. The second kappa shape index (κ2) is 6.88. The molecule has 0 aliphatic carbocycles. The number of aromatic nitrogens is 1. The summed E-state index contributed by atoms with van der Waals surface area (Å²) in [5.41, 5.74) is 0.596. The lowest BCUT2D eigenvalue weighted by Gasteiger charge is -2.25. The van der Waals surface area contributed by atoms with Crippen molar-refractivity contribution in [3.05, 3.63) is 18.5 Å². The third kappa shape index (κ3) is 3.94. The quantitative estimate of drug-likeness (QED) is 0.628. The molecular formula is C14H20N4O2. The van der Waals surface area contributed by atoms with Crippen LogP contribution in [0.3, 0.4) is 0 Å². The number of carbonyl (C=O) groups is 1. The number of piperidine rings is 1. The Kier molecular flexibility index (Phi) is 4.92. The van der Waals surface area contributed by atoms with Gasteiger partial charge in [-0.3, -0.25) is 4.98 Å². The molecule has 1 amide bonds. The van der Waals surface area contributed by atoms with Gasteiger partial charge in [0.15, 0.2) is 5.75 Å². The zero-order valence-electron chi connectivity index (χ0n) is 12.0. The third-order valence-electron chi connectivity index (χ3n) is 3.00. The summed E-state index contributed by atoms with van der Waals surface area (Å²) in [4.78, 5) is 23.9. The largest absolute Gasteiger partial charge is 0.415 e. The minimum Gasteiger partial charge on any atom is -0.406 e. The van der Waals surface area contributed by atoms with Gasteiger partial charge in [0.05, 0.1) is 12.5 Å². The lowest BCUT2D eigenvalue weighted by atomic mass is 10.1. The molecule has 0 N–H and O–H groups in total. The summed E-state index contributed by atoms with van der Waals surface area (Å²) in [6.45, 7) is 1.52. The number of ether oxygens (including phenoxy) is 1. The van der Waals surface area contributed by atoms with Crippen LogP contribution in [0.2, 0.25) is 0 Å². The molecule has 1 aromatic heterocycles.